The van der Waals surface area contributed by atoms with E-state index in [1.165, 1.54) is 6.33 Å². The van der Waals surface area contributed by atoms with Gasteiger partial charge in [-0.3, -0.25) is 9.59 Å². The number of aromatic nitrogens is 2. The van der Waals surface area contributed by atoms with Crippen molar-refractivity contribution in [1.29, 1.82) is 0 Å². The van der Waals surface area contributed by atoms with Gasteiger partial charge in [-0.2, -0.15) is 0 Å². The quantitative estimate of drug-likeness (QED) is 0.677. The molecule has 3 rings (SSSR count). The summed E-state index contributed by atoms with van der Waals surface area (Å²) in [5, 5.41) is 0. The van der Waals surface area contributed by atoms with Crippen LogP contribution in [0.4, 0.5) is 11.5 Å². The van der Waals surface area contributed by atoms with E-state index >= 15 is 0 Å². The molecule has 2 aliphatic heterocycles. The molecule has 7 heteroatoms. The molecule has 1 aromatic heterocycles. The fourth-order valence-corrected chi connectivity index (χ4v) is 2.71. The maximum Gasteiger partial charge on any atom is 0.276 e. The monoisotopic (exact) mass is 249 g/mol. The second-order valence-electron chi connectivity index (χ2n) is 4.69. The molecule has 0 saturated carbocycles. The molecule has 3 N–H and O–H groups in total. The lowest BCUT2D eigenvalue weighted by Gasteiger charge is -2.38. The SMILES string of the molecule is Nc1c(N2CCN3C(=O)CCC3C2)nc[nH]c1=O. The van der Waals surface area contributed by atoms with Crippen LogP contribution in [0.3, 0.4) is 0 Å². The van der Waals surface area contributed by atoms with Gasteiger partial charge in [-0.15, -0.1) is 0 Å². The first-order valence-electron chi connectivity index (χ1n) is 6.04. The Kier molecular flexibility index (Phi) is 2.46. The maximum atomic E-state index is 11.6. The van der Waals surface area contributed by atoms with Crippen molar-refractivity contribution < 1.29 is 4.79 Å². The zero-order valence-corrected chi connectivity index (χ0v) is 9.93. The van der Waals surface area contributed by atoms with Crippen molar-refractivity contribution in [1.82, 2.24) is 14.9 Å². The number of aromatic amines is 1. The molecule has 2 saturated heterocycles. The van der Waals surface area contributed by atoms with E-state index in [2.05, 4.69) is 9.97 Å². The summed E-state index contributed by atoms with van der Waals surface area (Å²) in [7, 11) is 0. The molecule has 3 heterocycles. The van der Waals surface area contributed by atoms with Crippen molar-refractivity contribution in [3.63, 3.8) is 0 Å². The maximum absolute atomic E-state index is 11.6. The zero-order chi connectivity index (χ0) is 12.7. The van der Waals surface area contributed by atoms with E-state index in [1.807, 2.05) is 9.80 Å². The minimum atomic E-state index is -0.315. The van der Waals surface area contributed by atoms with Gasteiger partial charge in [0, 0.05) is 32.1 Å². The Morgan fingerprint density at radius 2 is 2.22 bits per heavy atom. The van der Waals surface area contributed by atoms with E-state index < -0.39 is 0 Å². The number of anilines is 2. The average molecular weight is 249 g/mol. The molecule has 1 aromatic rings. The summed E-state index contributed by atoms with van der Waals surface area (Å²) in [6, 6.07) is 0.228. The van der Waals surface area contributed by atoms with Gasteiger partial charge in [-0.05, 0) is 6.42 Å². The summed E-state index contributed by atoms with van der Waals surface area (Å²) in [6.07, 6.45) is 2.86. The number of nitrogens with zero attached hydrogens (tertiary/aromatic N) is 3. The summed E-state index contributed by atoms with van der Waals surface area (Å²) in [6.45, 7) is 2.05. The summed E-state index contributed by atoms with van der Waals surface area (Å²) < 4.78 is 0. The number of carbonyl (C=O) groups excluding carboxylic acids is 1. The molecule has 96 valence electrons. The van der Waals surface area contributed by atoms with Crippen molar-refractivity contribution in [3.05, 3.63) is 16.7 Å². The van der Waals surface area contributed by atoms with E-state index in [-0.39, 0.29) is 23.2 Å². The van der Waals surface area contributed by atoms with E-state index in [4.69, 9.17) is 5.73 Å². The number of nitrogens with one attached hydrogen (secondary N) is 1. The molecular formula is C11H15N5O2. The molecule has 1 atom stereocenters. The molecule has 0 bridgehead atoms. The highest BCUT2D eigenvalue weighted by Gasteiger charge is 2.36. The van der Waals surface area contributed by atoms with Crippen molar-refractivity contribution in [2.75, 3.05) is 30.3 Å². The van der Waals surface area contributed by atoms with Gasteiger partial charge in [-0.1, -0.05) is 0 Å². The van der Waals surface area contributed by atoms with Gasteiger partial charge < -0.3 is 20.5 Å². The van der Waals surface area contributed by atoms with Gasteiger partial charge in [0.05, 0.1) is 6.33 Å². The Labute approximate surface area is 104 Å². The van der Waals surface area contributed by atoms with Crippen LogP contribution >= 0.6 is 0 Å². The van der Waals surface area contributed by atoms with Crippen LogP contribution in [0, 0.1) is 0 Å². The Balaban J connectivity index is 1.85. The fourth-order valence-electron chi connectivity index (χ4n) is 2.71. The Morgan fingerprint density at radius 1 is 1.39 bits per heavy atom. The first-order chi connectivity index (χ1) is 8.66. The highest BCUT2D eigenvalue weighted by Crippen LogP contribution is 2.26. The van der Waals surface area contributed by atoms with Crippen LogP contribution in [0.15, 0.2) is 11.1 Å². The topological polar surface area (TPSA) is 95.3 Å². The van der Waals surface area contributed by atoms with Crippen LogP contribution in [0.5, 0.6) is 0 Å². The van der Waals surface area contributed by atoms with Crippen LogP contribution in [0.25, 0.3) is 0 Å². The van der Waals surface area contributed by atoms with Gasteiger partial charge in [0.25, 0.3) is 5.56 Å². The molecule has 2 fully saturated rings. The number of hydrogen-bond donors (Lipinski definition) is 2. The predicted octanol–water partition coefficient (Wildman–Crippen LogP) is -0.837. The lowest BCUT2D eigenvalue weighted by molar-refractivity contribution is -0.129. The molecule has 7 nitrogen and oxygen atoms in total. The first kappa shape index (κ1) is 11.1. The molecular weight excluding hydrogens is 234 g/mol. The van der Waals surface area contributed by atoms with E-state index in [9.17, 15) is 9.59 Å². The molecule has 0 aromatic carbocycles. The standard InChI is InChI=1S/C11H15N5O2/c12-9-10(13-6-14-11(9)18)15-3-4-16-7(5-15)1-2-8(16)17/h6-7H,1-5,12H2,(H,13,14,18). The van der Waals surface area contributed by atoms with Crippen LogP contribution in [-0.4, -0.2) is 46.5 Å². The molecule has 0 radical (unpaired) electrons. The number of nitrogens with two attached hydrogens (primary N) is 1. The van der Waals surface area contributed by atoms with E-state index in [0.29, 0.717) is 31.9 Å². The zero-order valence-electron chi connectivity index (χ0n) is 9.93. The first-order valence-corrected chi connectivity index (χ1v) is 6.04. The third-order valence-corrected chi connectivity index (χ3v) is 3.66. The minimum Gasteiger partial charge on any atom is -0.391 e. The molecule has 18 heavy (non-hydrogen) atoms. The molecule has 1 amide bonds. The summed E-state index contributed by atoms with van der Waals surface area (Å²) in [5.41, 5.74) is 5.58. The Hall–Kier alpha value is -2.05. The number of amides is 1. The lowest BCUT2D eigenvalue weighted by atomic mass is 10.1. The number of H-pyrrole nitrogens is 1. The van der Waals surface area contributed by atoms with Gasteiger partial charge in [-0.25, -0.2) is 4.98 Å². The smallest absolute Gasteiger partial charge is 0.276 e. The molecule has 1 unspecified atom stereocenters. The number of carbonyl (C=O) groups is 1. The van der Waals surface area contributed by atoms with Crippen molar-refractivity contribution >= 4 is 17.4 Å². The van der Waals surface area contributed by atoms with Crippen LogP contribution in [0.2, 0.25) is 0 Å². The second-order valence-corrected chi connectivity index (χ2v) is 4.69. The van der Waals surface area contributed by atoms with E-state index in [1.54, 1.807) is 0 Å². The van der Waals surface area contributed by atoms with Crippen molar-refractivity contribution in [3.8, 4) is 0 Å². The number of fused-ring (bicyclic) bond motifs is 1. The van der Waals surface area contributed by atoms with Gasteiger partial charge in [0.15, 0.2) is 5.82 Å². The largest absolute Gasteiger partial charge is 0.391 e. The number of rotatable bonds is 1. The fraction of sp³-hybridized carbons (Fsp3) is 0.545. The number of hydrogen-bond acceptors (Lipinski definition) is 5. The van der Waals surface area contributed by atoms with E-state index in [0.717, 1.165) is 6.42 Å². The second kappa shape index (κ2) is 4.01. The average Bonchev–Trinajstić information content (AvgIpc) is 2.74. The van der Waals surface area contributed by atoms with Gasteiger partial charge in [0.2, 0.25) is 5.91 Å². The normalized spacial score (nSPS) is 23.3. The van der Waals surface area contributed by atoms with Crippen LogP contribution in [0.1, 0.15) is 12.8 Å². The molecule has 0 aliphatic carbocycles. The summed E-state index contributed by atoms with van der Waals surface area (Å²) in [4.78, 5) is 33.5. The number of piperazine rings is 1. The highest BCUT2D eigenvalue weighted by atomic mass is 16.2. The minimum absolute atomic E-state index is 0.148. The van der Waals surface area contributed by atoms with Gasteiger partial charge in [0.1, 0.15) is 5.69 Å². The number of nitrogen functional groups attached to an aromatic ring is 1. The van der Waals surface area contributed by atoms with Crippen LogP contribution in [-0.2, 0) is 4.79 Å². The Bertz CT molecular complexity index is 540. The van der Waals surface area contributed by atoms with Crippen molar-refractivity contribution in [2.24, 2.45) is 0 Å². The van der Waals surface area contributed by atoms with Crippen molar-refractivity contribution in [2.45, 2.75) is 18.9 Å². The molecule has 0 spiro atoms. The third kappa shape index (κ3) is 1.62. The Morgan fingerprint density at radius 3 is 3.06 bits per heavy atom. The highest BCUT2D eigenvalue weighted by molar-refractivity contribution is 5.79. The molecule has 2 aliphatic rings. The summed E-state index contributed by atoms with van der Waals surface area (Å²) in [5.74, 6) is 0.754. The predicted molar refractivity (Wildman–Crippen MR) is 66.2 cm³/mol. The van der Waals surface area contributed by atoms with Gasteiger partial charge >= 0.3 is 0 Å². The summed E-state index contributed by atoms with van der Waals surface area (Å²) >= 11 is 0. The third-order valence-electron chi connectivity index (χ3n) is 3.66. The lowest BCUT2D eigenvalue weighted by Crippen LogP contribution is -2.52. The van der Waals surface area contributed by atoms with Crippen LogP contribution < -0.4 is 16.2 Å².